The third kappa shape index (κ3) is 31.5. The molecular formula is C28H56LiN2O2. The molecule has 0 aliphatic rings. The Morgan fingerprint density at radius 2 is 0.848 bits per heavy atom. The van der Waals surface area contributed by atoms with Gasteiger partial charge in [0.05, 0.1) is 0 Å². The second kappa shape index (κ2) is 29.6. The van der Waals surface area contributed by atoms with Crippen molar-refractivity contribution in [3.8, 4) is 0 Å². The Morgan fingerprint density at radius 1 is 0.515 bits per heavy atom. The summed E-state index contributed by atoms with van der Waals surface area (Å²) in [6, 6.07) is 0. The summed E-state index contributed by atoms with van der Waals surface area (Å²) >= 11 is 0. The van der Waals surface area contributed by atoms with E-state index in [1.54, 1.807) is 0 Å². The van der Waals surface area contributed by atoms with E-state index in [0.717, 1.165) is 51.5 Å². The molecule has 0 spiro atoms. The number of nitrogens with two attached hydrogens (primary N) is 1. The molecule has 3 N–H and O–H groups in total. The second-order valence-electron chi connectivity index (χ2n) is 9.74. The summed E-state index contributed by atoms with van der Waals surface area (Å²) in [6.07, 6.45) is 29.5. The van der Waals surface area contributed by atoms with Gasteiger partial charge in [-0.3, -0.25) is 9.59 Å². The molecule has 0 aliphatic carbocycles. The second-order valence-corrected chi connectivity index (χ2v) is 9.74. The molecule has 191 valence electrons. The van der Waals surface area contributed by atoms with Crippen LogP contribution < -0.4 is 11.1 Å². The first kappa shape index (κ1) is 34.7. The maximum atomic E-state index is 11.9. The summed E-state index contributed by atoms with van der Waals surface area (Å²) in [5.41, 5.74) is 5.13. The minimum atomic E-state index is -0.203. The van der Waals surface area contributed by atoms with Gasteiger partial charge in [-0.1, -0.05) is 129 Å². The van der Waals surface area contributed by atoms with Crippen LogP contribution in [0.4, 0.5) is 0 Å². The van der Waals surface area contributed by atoms with Gasteiger partial charge >= 0.3 is 0 Å². The maximum Gasteiger partial charge on any atom is 0.219 e. The van der Waals surface area contributed by atoms with Crippen molar-refractivity contribution >= 4 is 30.7 Å². The Hall–Kier alpha value is -0.463. The summed E-state index contributed by atoms with van der Waals surface area (Å²) in [7, 11) is 0. The third-order valence-electron chi connectivity index (χ3n) is 6.43. The van der Waals surface area contributed by atoms with Crippen LogP contribution in [0.25, 0.3) is 0 Å². The molecule has 0 unspecified atom stereocenters. The van der Waals surface area contributed by atoms with Gasteiger partial charge < -0.3 is 11.1 Å². The molecule has 0 saturated carbocycles. The Bertz CT molecular complexity index is 419. The van der Waals surface area contributed by atoms with E-state index in [4.69, 9.17) is 5.73 Å². The predicted molar refractivity (Wildman–Crippen MR) is 144 cm³/mol. The molecule has 0 bridgehead atoms. The molecule has 4 nitrogen and oxygen atoms in total. The van der Waals surface area contributed by atoms with Crippen LogP contribution in [0, 0.1) is 0 Å². The zero-order valence-corrected chi connectivity index (χ0v) is 22.6. The average Bonchev–Trinajstić information content (AvgIpc) is 2.77. The number of rotatable bonds is 26. The number of hydrogen-bond donors (Lipinski definition) is 2. The Kier molecular flexibility index (Phi) is 31.1. The molecule has 1 radical (unpaired) electrons. The van der Waals surface area contributed by atoms with E-state index in [1.165, 1.54) is 96.3 Å². The van der Waals surface area contributed by atoms with Crippen molar-refractivity contribution in [2.24, 2.45) is 5.73 Å². The molecule has 33 heavy (non-hydrogen) atoms. The average molecular weight is 460 g/mol. The fraction of sp³-hybridized carbons (Fsp3) is 0.929. The molecule has 5 heteroatoms. The molecule has 0 aromatic heterocycles. The normalized spacial score (nSPS) is 10.7. The van der Waals surface area contributed by atoms with Gasteiger partial charge in [0, 0.05) is 38.2 Å². The van der Waals surface area contributed by atoms with E-state index >= 15 is 0 Å². The van der Waals surface area contributed by atoms with Crippen molar-refractivity contribution in [2.45, 2.75) is 161 Å². The summed E-state index contributed by atoms with van der Waals surface area (Å²) in [4.78, 5) is 22.5. The predicted octanol–water partition coefficient (Wildman–Crippen LogP) is 7.59. The van der Waals surface area contributed by atoms with Crippen LogP contribution in [0.1, 0.15) is 161 Å². The van der Waals surface area contributed by atoms with E-state index in [1.807, 2.05) is 0 Å². The fourth-order valence-corrected chi connectivity index (χ4v) is 4.28. The van der Waals surface area contributed by atoms with Gasteiger partial charge in [0.1, 0.15) is 0 Å². The van der Waals surface area contributed by atoms with Crippen molar-refractivity contribution in [2.75, 3.05) is 6.54 Å². The van der Waals surface area contributed by atoms with Crippen LogP contribution in [-0.4, -0.2) is 37.2 Å². The number of hydrogen-bond acceptors (Lipinski definition) is 2. The number of primary amides is 1. The smallest absolute Gasteiger partial charge is 0.219 e. The Morgan fingerprint density at radius 3 is 1.24 bits per heavy atom. The molecule has 0 aromatic carbocycles. The topological polar surface area (TPSA) is 72.2 Å². The fourth-order valence-electron chi connectivity index (χ4n) is 4.28. The number of amides is 2. The van der Waals surface area contributed by atoms with Crippen molar-refractivity contribution in [1.29, 1.82) is 0 Å². The summed E-state index contributed by atoms with van der Waals surface area (Å²) in [6.45, 7) is 3.12. The van der Waals surface area contributed by atoms with Crippen LogP contribution in [0.5, 0.6) is 0 Å². The SMILES string of the molecule is CCCCCCCCCCCCCCCCCCNC(=O)CCCCCCCCC(N)=O.[Li]. The monoisotopic (exact) mass is 459 g/mol. The Balaban J connectivity index is 0. The summed E-state index contributed by atoms with van der Waals surface area (Å²) in [5.74, 6) is 0.00528. The first-order valence-corrected chi connectivity index (χ1v) is 14.2. The van der Waals surface area contributed by atoms with Crippen LogP contribution in [-0.2, 0) is 9.59 Å². The third-order valence-corrected chi connectivity index (χ3v) is 6.43. The number of carbonyl (C=O) groups is 2. The van der Waals surface area contributed by atoms with Crippen molar-refractivity contribution < 1.29 is 9.59 Å². The van der Waals surface area contributed by atoms with Gasteiger partial charge in [0.15, 0.2) is 0 Å². The molecule has 0 atom stereocenters. The van der Waals surface area contributed by atoms with Gasteiger partial charge in [-0.05, 0) is 19.3 Å². The molecule has 0 heterocycles. The van der Waals surface area contributed by atoms with Crippen molar-refractivity contribution in [1.82, 2.24) is 5.32 Å². The van der Waals surface area contributed by atoms with Gasteiger partial charge in [0.2, 0.25) is 11.8 Å². The molecule has 0 rings (SSSR count). The molecule has 0 fully saturated rings. The molecular weight excluding hydrogens is 403 g/mol. The minimum Gasteiger partial charge on any atom is -0.370 e. The molecule has 0 saturated heterocycles. The largest absolute Gasteiger partial charge is 0.370 e. The van der Waals surface area contributed by atoms with Gasteiger partial charge in [-0.15, -0.1) is 0 Å². The molecule has 2 amide bonds. The Labute approximate surface area is 218 Å². The van der Waals surface area contributed by atoms with Crippen molar-refractivity contribution in [3.05, 3.63) is 0 Å². The number of unbranched alkanes of at least 4 members (excludes halogenated alkanes) is 20. The van der Waals surface area contributed by atoms with E-state index in [-0.39, 0.29) is 30.7 Å². The van der Waals surface area contributed by atoms with E-state index < -0.39 is 0 Å². The zero-order valence-electron chi connectivity index (χ0n) is 22.6. The molecule has 0 aliphatic heterocycles. The van der Waals surface area contributed by atoms with E-state index in [0.29, 0.717) is 12.8 Å². The summed E-state index contributed by atoms with van der Waals surface area (Å²) in [5, 5.41) is 3.07. The number of carbonyl (C=O) groups excluding carboxylic acids is 2. The van der Waals surface area contributed by atoms with E-state index in [9.17, 15) is 9.59 Å². The van der Waals surface area contributed by atoms with Crippen LogP contribution in [0.2, 0.25) is 0 Å². The quantitative estimate of drug-likeness (QED) is 0.103. The van der Waals surface area contributed by atoms with Gasteiger partial charge in [-0.2, -0.15) is 0 Å². The van der Waals surface area contributed by atoms with Crippen LogP contribution in [0.15, 0.2) is 0 Å². The first-order valence-electron chi connectivity index (χ1n) is 14.2. The number of nitrogens with one attached hydrogen (secondary N) is 1. The first-order chi connectivity index (χ1) is 15.7. The summed E-state index contributed by atoms with van der Waals surface area (Å²) < 4.78 is 0. The minimum absolute atomic E-state index is 0. The van der Waals surface area contributed by atoms with Crippen LogP contribution >= 0.6 is 0 Å². The van der Waals surface area contributed by atoms with Crippen LogP contribution in [0.3, 0.4) is 0 Å². The molecule has 0 aromatic rings. The van der Waals surface area contributed by atoms with Crippen molar-refractivity contribution in [3.63, 3.8) is 0 Å². The standard InChI is InChI=1S/C28H56N2O2.Li/c1-2-3-4-5-6-7-8-9-10-11-12-13-14-17-20-23-26-30-28(32)25-22-19-16-15-18-21-24-27(29)31;/h2-26H2,1H3,(H2,29,31)(H,30,32);. The van der Waals surface area contributed by atoms with Gasteiger partial charge in [0.25, 0.3) is 0 Å². The van der Waals surface area contributed by atoms with E-state index in [2.05, 4.69) is 12.2 Å². The van der Waals surface area contributed by atoms with Gasteiger partial charge in [-0.25, -0.2) is 0 Å². The zero-order chi connectivity index (χ0) is 23.5. The maximum absolute atomic E-state index is 11.9.